The molecule has 20 heavy (non-hydrogen) atoms. The second-order valence-corrected chi connectivity index (χ2v) is 6.58. The van der Waals surface area contributed by atoms with Crippen molar-refractivity contribution in [2.24, 2.45) is 10.8 Å². The number of allylic oxidation sites excluding steroid dienone is 3. The Bertz CT molecular complexity index is 484. The van der Waals surface area contributed by atoms with Crippen LogP contribution in [0.15, 0.2) is 49.1 Å². The third-order valence-corrected chi connectivity index (χ3v) is 4.47. The summed E-state index contributed by atoms with van der Waals surface area (Å²) >= 11 is 0. The van der Waals surface area contributed by atoms with Crippen LogP contribution in [-0.4, -0.2) is 23.4 Å². The number of carbonyl (C=O) groups excluding carboxylic acids is 1. The van der Waals surface area contributed by atoms with E-state index in [1.807, 2.05) is 18.7 Å². The number of rotatable bonds is 3. The van der Waals surface area contributed by atoms with Gasteiger partial charge in [0.25, 0.3) is 0 Å². The fraction of sp³-hybridized carbons (Fsp3) is 0.500. The summed E-state index contributed by atoms with van der Waals surface area (Å²) in [5.74, 6) is 0.172. The minimum Gasteiger partial charge on any atom is -0.334 e. The highest BCUT2D eigenvalue weighted by molar-refractivity contribution is 5.84. The third kappa shape index (κ3) is 2.65. The predicted octanol–water partition coefficient (Wildman–Crippen LogP) is 3.88. The van der Waals surface area contributed by atoms with E-state index in [1.165, 1.54) is 0 Å². The van der Waals surface area contributed by atoms with Crippen molar-refractivity contribution in [2.75, 3.05) is 6.54 Å². The molecular weight excluding hydrogens is 246 g/mol. The molecule has 1 unspecified atom stereocenters. The predicted molar refractivity (Wildman–Crippen MR) is 84.2 cm³/mol. The lowest BCUT2D eigenvalue weighted by Gasteiger charge is -2.45. The topological polar surface area (TPSA) is 20.3 Å². The van der Waals surface area contributed by atoms with E-state index in [-0.39, 0.29) is 17.4 Å². The summed E-state index contributed by atoms with van der Waals surface area (Å²) in [7, 11) is 0. The number of carbonyl (C=O) groups is 1. The zero-order valence-electron chi connectivity index (χ0n) is 12.8. The van der Waals surface area contributed by atoms with Crippen molar-refractivity contribution >= 4 is 5.91 Å². The number of amides is 1. The first-order chi connectivity index (χ1) is 9.41. The zero-order valence-corrected chi connectivity index (χ0v) is 12.8. The van der Waals surface area contributed by atoms with Gasteiger partial charge in [-0.05, 0) is 26.7 Å². The smallest absolute Gasteiger partial charge is 0.232 e. The van der Waals surface area contributed by atoms with E-state index < -0.39 is 5.41 Å². The van der Waals surface area contributed by atoms with Crippen LogP contribution in [0, 0.1) is 10.8 Å². The normalized spacial score (nSPS) is 29.6. The molecule has 0 spiro atoms. The number of hydrogen-bond acceptors (Lipinski definition) is 1. The van der Waals surface area contributed by atoms with Crippen LogP contribution in [0.25, 0.3) is 0 Å². The summed E-state index contributed by atoms with van der Waals surface area (Å²) < 4.78 is 0. The molecule has 0 aromatic heterocycles. The van der Waals surface area contributed by atoms with Crippen LogP contribution in [0.1, 0.15) is 33.6 Å². The molecule has 0 aromatic rings. The van der Waals surface area contributed by atoms with Gasteiger partial charge in [-0.2, -0.15) is 0 Å². The monoisotopic (exact) mass is 271 g/mol. The van der Waals surface area contributed by atoms with Gasteiger partial charge in [0.05, 0.1) is 11.5 Å². The van der Waals surface area contributed by atoms with E-state index in [0.29, 0.717) is 0 Å². The van der Waals surface area contributed by atoms with Gasteiger partial charge in [0.1, 0.15) is 0 Å². The third-order valence-electron chi connectivity index (χ3n) is 4.47. The molecule has 1 amide bonds. The van der Waals surface area contributed by atoms with E-state index in [2.05, 4.69) is 50.0 Å². The Labute approximate surface area is 122 Å². The summed E-state index contributed by atoms with van der Waals surface area (Å²) in [4.78, 5) is 14.9. The number of nitrogens with zero attached hydrogens (tertiary/aromatic N) is 1. The Morgan fingerprint density at radius 1 is 1.40 bits per heavy atom. The van der Waals surface area contributed by atoms with E-state index in [4.69, 9.17) is 0 Å². The van der Waals surface area contributed by atoms with E-state index >= 15 is 0 Å². The van der Waals surface area contributed by atoms with Crippen LogP contribution in [0.5, 0.6) is 0 Å². The minimum atomic E-state index is -0.506. The van der Waals surface area contributed by atoms with Crippen molar-refractivity contribution in [3.8, 4) is 0 Å². The molecule has 0 bridgehead atoms. The van der Waals surface area contributed by atoms with Gasteiger partial charge in [0.15, 0.2) is 0 Å². The van der Waals surface area contributed by atoms with Crippen molar-refractivity contribution in [1.82, 2.24) is 4.90 Å². The first-order valence-electron chi connectivity index (χ1n) is 7.36. The van der Waals surface area contributed by atoms with Crippen LogP contribution in [0.4, 0.5) is 0 Å². The van der Waals surface area contributed by atoms with Crippen molar-refractivity contribution in [2.45, 2.75) is 39.7 Å². The lowest BCUT2D eigenvalue weighted by atomic mass is 9.74. The molecule has 2 nitrogen and oxygen atoms in total. The van der Waals surface area contributed by atoms with Gasteiger partial charge in [-0.25, -0.2) is 0 Å². The molecule has 2 heteroatoms. The molecule has 1 aliphatic carbocycles. The van der Waals surface area contributed by atoms with Gasteiger partial charge in [-0.1, -0.05) is 49.5 Å². The van der Waals surface area contributed by atoms with Gasteiger partial charge in [-0.15, -0.1) is 6.58 Å². The zero-order chi connectivity index (χ0) is 14.8. The van der Waals surface area contributed by atoms with Crippen LogP contribution in [-0.2, 0) is 4.79 Å². The summed E-state index contributed by atoms with van der Waals surface area (Å²) in [5, 5.41) is 0. The molecule has 2 rings (SSSR count). The van der Waals surface area contributed by atoms with Crippen molar-refractivity contribution in [3.05, 3.63) is 49.1 Å². The highest BCUT2D eigenvalue weighted by atomic mass is 16.2. The van der Waals surface area contributed by atoms with Gasteiger partial charge < -0.3 is 4.90 Å². The minimum absolute atomic E-state index is 0.0153. The van der Waals surface area contributed by atoms with Crippen molar-refractivity contribution in [3.63, 3.8) is 0 Å². The van der Waals surface area contributed by atoms with E-state index in [1.54, 1.807) is 6.08 Å². The molecule has 0 radical (unpaired) electrons. The van der Waals surface area contributed by atoms with Crippen molar-refractivity contribution in [1.29, 1.82) is 0 Å². The fourth-order valence-electron chi connectivity index (χ4n) is 2.91. The molecular formula is C18H25NO. The standard InChI is InChI=1S/C18H25NO/c1-5-17(2,3)16(20)19-14-10-7-11-15(19)18(4)12-8-6-9-13-18/h5-9,11-12,15H,1,10,13-14H2,2-4H3/t15-,18?/m0/s1. The molecule has 0 fully saturated rings. The Hall–Kier alpha value is -1.57. The van der Waals surface area contributed by atoms with E-state index in [9.17, 15) is 4.79 Å². The summed E-state index contributed by atoms with van der Waals surface area (Å²) in [6, 6.07) is 0.129. The summed E-state index contributed by atoms with van der Waals surface area (Å²) in [6.07, 6.45) is 16.6. The molecule has 0 N–H and O–H groups in total. The van der Waals surface area contributed by atoms with Gasteiger partial charge in [0.2, 0.25) is 5.91 Å². The molecule has 0 saturated carbocycles. The number of hydrogen-bond donors (Lipinski definition) is 0. The lowest BCUT2D eigenvalue weighted by Crippen LogP contribution is -2.53. The largest absolute Gasteiger partial charge is 0.334 e. The first-order valence-corrected chi connectivity index (χ1v) is 7.36. The van der Waals surface area contributed by atoms with Crippen LogP contribution >= 0.6 is 0 Å². The summed E-state index contributed by atoms with van der Waals surface area (Å²) in [6.45, 7) is 10.7. The molecule has 0 aromatic carbocycles. The van der Waals surface area contributed by atoms with Crippen LogP contribution in [0.2, 0.25) is 0 Å². The molecule has 2 aliphatic rings. The maximum absolute atomic E-state index is 12.8. The molecule has 1 heterocycles. The fourth-order valence-corrected chi connectivity index (χ4v) is 2.91. The first kappa shape index (κ1) is 14.8. The summed E-state index contributed by atoms with van der Waals surface area (Å²) in [5.41, 5.74) is -0.521. The van der Waals surface area contributed by atoms with Crippen LogP contribution in [0.3, 0.4) is 0 Å². The highest BCUT2D eigenvalue weighted by Gasteiger charge is 2.40. The Morgan fingerprint density at radius 2 is 2.15 bits per heavy atom. The maximum atomic E-state index is 12.8. The molecule has 108 valence electrons. The Kier molecular flexibility index (Phi) is 4.03. The lowest BCUT2D eigenvalue weighted by molar-refractivity contribution is -0.141. The van der Waals surface area contributed by atoms with Crippen LogP contribution < -0.4 is 0 Å². The van der Waals surface area contributed by atoms with Crippen molar-refractivity contribution < 1.29 is 4.79 Å². The average Bonchev–Trinajstić information content (AvgIpc) is 2.47. The average molecular weight is 271 g/mol. The Morgan fingerprint density at radius 3 is 2.75 bits per heavy atom. The van der Waals surface area contributed by atoms with E-state index in [0.717, 1.165) is 19.4 Å². The molecule has 0 saturated heterocycles. The Balaban J connectivity index is 2.30. The van der Waals surface area contributed by atoms with Gasteiger partial charge >= 0.3 is 0 Å². The molecule has 2 atom stereocenters. The second kappa shape index (κ2) is 5.43. The SMILES string of the molecule is C=CC(C)(C)C(=O)N1CCC=C[C@H]1C1(C)C=CC=CC1. The quantitative estimate of drug-likeness (QED) is 0.713. The van der Waals surface area contributed by atoms with Gasteiger partial charge in [0, 0.05) is 12.0 Å². The highest BCUT2D eigenvalue weighted by Crippen LogP contribution is 2.38. The van der Waals surface area contributed by atoms with Gasteiger partial charge in [-0.3, -0.25) is 4.79 Å². The maximum Gasteiger partial charge on any atom is 0.232 e. The second-order valence-electron chi connectivity index (χ2n) is 6.58. The molecule has 1 aliphatic heterocycles.